The van der Waals surface area contributed by atoms with Crippen LogP contribution in [-0.2, 0) is 9.59 Å². The number of carbonyl (C=O) groups excluding carboxylic acids is 4. The van der Waals surface area contributed by atoms with Gasteiger partial charge in [-0.15, -0.1) is 11.3 Å². The number of carbonyl (C=O) groups is 4. The number of aromatic nitrogens is 1. The summed E-state index contributed by atoms with van der Waals surface area (Å²) in [6.07, 6.45) is 1.38. The highest BCUT2D eigenvalue weighted by Gasteiger charge is 2.37. The number of amides is 4. The van der Waals surface area contributed by atoms with E-state index in [0.717, 1.165) is 4.70 Å². The summed E-state index contributed by atoms with van der Waals surface area (Å²) in [5.41, 5.74) is 2.37. The lowest BCUT2D eigenvalue weighted by atomic mass is 10.1. The number of benzene rings is 3. The van der Waals surface area contributed by atoms with Crippen LogP contribution in [0.5, 0.6) is 0 Å². The van der Waals surface area contributed by atoms with Crippen molar-refractivity contribution < 1.29 is 23.6 Å². The van der Waals surface area contributed by atoms with Crippen LogP contribution in [0, 0.1) is 0 Å². The van der Waals surface area contributed by atoms with Crippen LogP contribution in [-0.4, -0.2) is 33.7 Å². The maximum Gasteiger partial charge on any atom is 0.270 e. The Morgan fingerprint density at radius 3 is 2.26 bits per heavy atom. The Morgan fingerprint density at radius 1 is 0.810 bits per heavy atom. The molecular formula is C30H16N4O5S3. The molecule has 7 rings (SSSR count). The average molecular weight is 609 g/mol. The molecule has 1 fully saturated rings. The summed E-state index contributed by atoms with van der Waals surface area (Å²) in [4.78, 5) is 58.7. The maximum absolute atomic E-state index is 13.2. The molecule has 0 unspecified atom stereocenters. The van der Waals surface area contributed by atoms with E-state index in [1.54, 1.807) is 78.9 Å². The maximum atomic E-state index is 13.2. The molecule has 204 valence electrons. The number of furan rings is 1. The van der Waals surface area contributed by atoms with Gasteiger partial charge in [-0.1, -0.05) is 30.3 Å². The van der Waals surface area contributed by atoms with Crippen molar-refractivity contribution in [3.8, 4) is 0 Å². The second kappa shape index (κ2) is 10.2. The summed E-state index contributed by atoms with van der Waals surface area (Å²) in [6, 6.07) is 24.2. The van der Waals surface area contributed by atoms with E-state index < -0.39 is 11.8 Å². The number of para-hydroxylation sites is 1. The van der Waals surface area contributed by atoms with Crippen LogP contribution >= 0.6 is 35.3 Å². The van der Waals surface area contributed by atoms with Crippen LogP contribution in [0.3, 0.4) is 0 Å². The SMILES string of the molecule is O=C1NC(=S)N(c2ccccc2)C(=O)/C1=C/c1ccc(Sc2nc3ccc(N4C(=O)c5ccccc5C4=O)cc3s2)o1. The lowest BCUT2D eigenvalue weighted by Crippen LogP contribution is -2.54. The monoisotopic (exact) mass is 608 g/mol. The smallest absolute Gasteiger partial charge is 0.270 e. The predicted molar refractivity (Wildman–Crippen MR) is 163 cm³/mol. The Kier molecular flexibility index (Phi) is 6.30. The summed E-state index contributed by atoms with van der Waals surface area (Å²) in [6.45, 7) is 0. The molecule has 0 bridgehead atoms. The first-order chi connectivity index (χ1) is 20.4. The first-order valence-corrected chi connectivity index (χ1v) is 14.5. The number of nitrogens with one attached hydrogen (secondary N) is 1. The zero-order valence-corrected chi connectivity index (χ0v) is 23.7. The predicted octanol–water partition coefficient (Wildman–Crippen LogP) is 5.67. The minimum atomic E-state index is -0.608. The van der Waals surface area contributed by atoms with Crippen molar-refractivity contribution in [3.63, 3.8) is 0 Å². The second-order valence-corrected chi connectivity index (χ2v) is 11.8. The fraction of sp³-hybridized carbons (Fsp3) is 0. The van der Waals surface area contributed by atoms with Gasteiger partial charge in [0.2, 0.25) is 0 Å². The molecule has 0 saturated carbocycles. The third kappa shape index (κ3) is 4.42. The lowest BCUT2D eigenvalue weighted by Gasteiger charge is -2.28. The summed E-state index contributed by atoms with van der Waals surface area (Å²) < 4.78 is 7.36. The molecule has 5 aromatic rings. The molecule has 12 heteroatoms. The first-order valence-electron chi connectivity index (χ1n) is 12.5. The molecule has 1 N–H and O–H groups in total. The second-order valence-electron chi connectivity index (χ2n) is 9.18. The number of imide groups is 1. The van der Waals surface area contributed by atoms with Crippen molar-refractivity contribution in [1.29, 1.82) is 0 Å². The van der Waals surface area contributed by atoms with E-state index in [0.29, 0.717) is 43.2 Å². The third-order valence-corrected chi connectivity index (χ3v) is 8.88. The Morgan fingerprint density at radius 2 is 1.52 bits per heavy atom. The van der Waals surface area contributed by atoms with Crippen molar-refractivity contribution in [2.24, 2.45) is 0 Å². The highest BCUT2D eigenvalue weighted by atomic mass is 32.2. The van der Waals surface area contributed by atoms with Gasteiger partial charge in [-0.2, -0.15) is 0 Å². The molecule has 2 aliphatic heterocycles. The zero-order valence-electron chi connectivity index (χ0n) is 21.3. The molecule has 0 spiro atoms. The van der Waals surface area contributed by atoms with Crippen LogP contribution in [0.15, 0.2) is 104 Å². The van der Waals surface area contributed by atoms with Crippen molar-refractivity contribution in [2.45, 2.75) is 9.43 Å². The van der Waals surface area contributed by atoms with Crippen molar-refractivity contribution in [2.75, 3.05) is 9.80 Å². The Bertz CT molecular complexity index is 1980. The summed E-state index contributed by atoms with van der Waals surface area (Å²) >= 11 is 7.88. The zero-order chi connectivity index (χ0) is 29.0. The molecule has 4 amide bonds. The summed E-state index contributed by atoms with van der Waals surface area (Å²) in [5.74, 6) is -1.57. The number of nitrogens with zero attached hydrogens (tertiary/aromatic N) is 3. The molecule has 0 aliphatic carbocycles. The number of thiocarbonyl (C=S) groups is 1. The molecular weight excluding hydrogens is 593 g/mol. The quantitative estimate of drug-likeness (QED) is 0.118. The van der Waals surface area contributed by atoms with Crippen LogP contribution in [0.4, 0.5) is 11.4 Å². The van der Waals surface area contributed by atoms with Gasteiger partial charge < -0.3 is 4.42 Å². The molecule has 0 atom stereocenters. The molecule has 4 heterocycles. The fourth-order valence-electron chi connectivity index (χ4n) is 4.66. The van der Waals surface area contributed by atoms with Gasteiger partial charge in [0.1, 0.15) is 11.3 Å². The highest BCUT2D eigenvalue weighted by molar-refractivity contribution is 8.01. The van der Waals surface area contributed by atoms with Gasteiger partial charge in [0.15, 0.2) is 14.5 Å². The number of thiazole rings is 1. The molecule has 1 saturated heterocycles. The first kappa shape index (κ1) is 26.0. The van der Waals surface area contributed by atoms with Crippen molar-refractivity contribution >= 4 is 91.7 Å². The van der Waals surface area contributed by atoms with Crippen LogP contribution < -0.4 is 15.1 Å². The van der Waals surface area contributed by atoms with Gasteiger partial charge in [0.05, 0.1) is 32.7 Å². The van der Waals surface area contributed by atoms with E-state index in [1.807, 2.05) is 6.07 Å². The molecule has 42 heavy (non-hydrogen) atoms. The van der Waals surface area contributed by atoms with E-state index in [9.17, 15) is 19.2 Å². The number of fused-ring (bicyclic) bond motifs is 2. The van der Waals surface area contributed by atoms with Crippen LogP contribution in [0.25, 0.3) is 16.3 Å². The summed E-state index contributed by atoms with van der Waals surface area (Å²) in [5, 5.41) is 3.06. The van der Waals surface area contributed by atoms with Gasteiger partial charge >= 0.3 is 0 Å². The molecule has 3 aromatic carbocycles. The van der Waals surface area contributed by atoms with E-state index in [1.165, 1.54) is 39.0 Å². The van der Waals surface area contributed by atoms with Crippen molar-refractivity contribution in [3.05, 3.63) is 107 Å². The average Bonchev–Trinajstić information content (AvgIpc) is 3.67. The molecule has 2 aromatic heterocycles. The van der Waals surface area contributed by atoms with Gasteiger partial charge in [0.25, 0.3) is 23.6 Å². The van der Waals surface area contributed by atoms with Gasteiger partial charge in [-0.25, -0.2) is 9.88 Å². The van der Waals surface area contributed by atoms with E-state index in [2.05, 4.69) is 10.3 Å². The standard InChI is InChI=1S/C30H16N4O5S3/c35-25-21(28(38)34(29(40)32-25)16-6-2-1-3-7-16)15-18-11-13-24(39-18)42-30-31-22-12-10-17(14-23(22)41-30)33-26(36)19-8-4-5-9-20(19)27(33)37/h1-15H,(H,32,35,40)/b21-15+. The largest absolute Gasteiger partial charge is 0.450 e. The minimum absolute atomic E-state index is 0.00559. The summed E-state index contributed by atoms with van der Waals surface area (Å²) in [7, 11) is 0. The topological polar surface area (TPSA) is 113 Å². The number of hydrogen-bond donors (Lipinski definition) is 1. The van der Waals surface area contributed by atoms with Crippen molar-refractivity contribution in [1.82, 2.24) is 10.3 Å². The van der Waals surface area contributed by atoms with Gasteiger partial charge in [-0.05, 0) is 84.7 Å². The number of anilines is 2. The fourth-order valence-corrected chi connectivity index (χ4v) is 6.95. The van der Waals surface area contributed by atoms with E-state index in [-0.39, 0.29) is 22.5 Å². The third-order valence-electron chi connectivity index (χ3n) is 6.60. The number of rotatable bonds is 5. The minimum Gasteiger partial charge on any atom is -0.450 e. The normalized spacial score (nSPS) is 16.1. The molecule has 2 aliphatic rings. The van der Waals surface area contributed by atoms with E-state index >= 15 is 0 Å². The van der Waals surface area contributed by atoms with Gasteiger partial charge in [0, 0.05) is 0 Å². The van der Waals surface area contributed by atoms with E-state index in [4.69, 9.17) is 16.6 Å². The lowest BCUT2D eigenvalue weighted by molar-refractivity contribution is -0.122. The van der Waals surface area contributed by atoms with Gasteiger partial charge in [-0.3, -0.25) is 29.4 Å². The Balaban J connectivity index is 1.11. The Hall–Kier alpha value is -4.91. The van der Waals surface area contributed by atoms with Crippen LogP contribution in [0.1, 0.15) is 26.5 Å². The highest BCUT2D eigenvalue weighted by Crippen LogP contribution is 2.38. The van der Waals surface area contributed by atoms with Crippen LogP contribution in [0.2, 0.25) is 0 Å². The number of hydrogen-bond acceptors (Lipinski definition) is 9. The molecule has 0 radical (unpaired) electrons. The Labute approximate surface area is 251 Å². The molecule has 9 nitrogen and oxygen atoms in total.